The number of hydrogen-bond donors (Lipinski definition) is 2. The van der Waals surface area contributed by atoms with Crippen molar-refractivity contribution in [2.45, 2.75) is 33.7 Å². The van der Waals surface area contributed by atoms with E-state index in [0.29, 0.717) is 11.8 Å². The minimum atomic E-state index is -0.0706. The van der Waals surface area contributed by atoms with Crippen LogP contribution in [0.25, 0.3) is 0 Å². The zero-order chi connectivity index (χ0) is 10.4. The van der Waals surface area contributed by atoms with Gasteiger partial charge < -0.3 is 10.6 Å². The quantitative estimate of drug-likeness (QED) is 0.672. The fraction of sp³-hybridized carbons (Fsp3) is 0.900. The summed E-state index contributed by atoms with van der Waals surface area (Å²) in [5.74, 6) is 0.942. The first-order chi connectivity index (χ1) is 5.99. The lowest BCUT2D eigenvalue weighted by Gasteiger charge is -2.20. The van der Waals surface area contributed by atoms with Crippen molar-refractivity contribution in [1.29, 1.82) is 0 Å². The molecule has 0 aromatic rings. The summed E-state index contributed by atoms with van der Waals surface area (Å²) in [6, 6.07) is -0.0706. The van der Waals surface area contributed by atoms with Gasteiger partial charge >= 0.3 is 0 Å². The van der Waals surface area contributed by atoms with Crippen LogP contribution in [0.5, 0.6) is 0 Å². The molecule has 0 spiro atoms. The van der Waals surface area contributed by atoms with Crippen molar-refractivity contribution in [3.05, 3.63) is 0 Å². The highest BCUT2D eigenvalue weighted by Crippen LogP contribution is 2.00. The molecule has 0 bridgehead atoms. The van der Waals surface area contributed by atoms with Gasteiger partial charge in [0.1, 0.15) is 0 Å². The van der Waals surface area contributed by atoms with E-state index in [1.165, 1.54) is 0 Å². The van der Waals surface area contributed by atoms with Crippen LogP contribution in [0, 0.1) is 11.8 Å². The van der Waals surface area contributed by atoms with Gasteiger partial charge in [-0.3, -0.25) is 4.79 Å². The van der Waals surface area contributed by atoms with E-state index in [1.54, 1.807) is 0 Å². The first kappa shape index (κ1) is 12.4. The average molecular weight is 186 g/mol. The second-order valence-electron chi connectivity index (χ2n) is 4.15. The Bertz CT molecular complexity index is 155. The maximum Gasteiger partial charge on any atom is 0.237 e. The minimum Gasteiger partial charge on any atom is -0.354 e. The molecule has 78 valence electrons. The third-order valence-corrected chi connectivity index (χ3v) is 1.94. The third-order valence-electron chi connectivity index (χ3n) is 1.94. The minimum absolute atomic E-state index is 0.0706. The fourth-order valence-electron chi connectivity index (χ4n) is 1.18. The Morgan fingerprint density at radius 2 is 1.77 bits per heavy atom. The lowest BCUT2D eigenvalue weighted by Crippen LogP contribution is -2.46. The number of nitrogens with one attached hydrogen (secondary N) is 2. The van der Waals surface area contributed by atoms with Crippen molar-refractivity contribution in [2.75, 3.05) is 13.6 Å². The maximum absolute atomic E-state index is 11.5. The summed E-state index contributed by atoms with van der Waals surface area (Å²) in [6.07, 6.45) is 0. The van der Waals surface area contributed by atoms with Crippen molar-refractivity contribution in [1.82, 2.24) is 10.6 Å². The number of rotatable bonds is 5. The van der Waals surface area contributed by atoms with Gasteiger partial charge in [-0.1, -0.05) is 27.7 Å². The highest BCUT2D eigenvalue weighted by molar-refractivity contribution is 5.81. The number of carbonyl (C=O) groups is 1. The van der Waals surface area contributed by atoms with Gasteiger partial charge in [-0.2, -0.15) is 0 Å². The molecule has 13 heavy (non-hydrogen) atoms. The first-order valence-corrected chi connectivity index (χ1v) is 4.94. The molecular formula is C10H22N2O. The number of hydrogen-bond acceptors (Lipinski definition) is 2. The summed E-state index contributed by atoms with van der Waals surface area (Å²) in [4.78, 5) is 11.5. The Kier molecular flexibility index (Phi) is 5.71. The van der Waals surface area contributed by atoms with Crippen molar-refractivity contribution >= 4 is 5.91 Å². The maximum atomic E-state index is 11.5. The summed E-state index contributed by atoms with van der Waals surface area (Å²) < 4.78 is 0. The molecule has 0 saturated carbocycles. The Balaban J connectivity index is 3.92. The van der Waals surface area contributed by atoms with E-state index in [0.717, 1.165) is 6.54 Å². The second-order valence-corrected chi connectivity index (χ2v) is 4.15. The van der Waals surface area contributed by atoms with Crippen molar-refractivity contribution in [3.8, 4) is 0 Å². The summed E-state index contributed by atoms with van der Waals surface area (Å²) >= 11 is 0. The van der Waals surface area contributed by atoms with Crippen molar-refractivity contribution in [3.63, 3.8) is 0 Å². The van der Waals surface area contributed by atoms with E-state index in [1.807, 2.05) is 20.9 Å². The molecule has 3 nitrogen and oxygen atoms in total. The molecule has 1 unspecified atom stereocenters. The van der Waals surface area contributed by atoms with Crippen LogP contribution in [0.1, 0.15) is 27.7 Å². The molecule has 1 amide bonds. The van der Waals surface area contributed by atoms with Gasteiger partial charge in [0.05, 0.1) is 6.04 Å². The molecule has 0 aliphatic heterocycles. The van der Waals surface area contributed by atoms with E-state index >= 15 is 0 Å². The molecule has 0 radical (unpaired) electrons. The molecule has 0 aliphatic rings. The Hall–Kier alpha value is -0.570. The molecule has 0 aliphatic carbocycles. The standard InChI is InChI=1S/C10H22N2O/c1-7(2)6-12-10(13)9(11-5)8(3)4/h7-9,11H,6H2,1-5H3,(H,12,13). The summed E-state index contributed by atoms with van der Waals surface area (Å²) in [7, 11) is 1.82. The van der Waals surface area contributed by atoms with Gasteiger partial charge in [0.15, 0.2) is 0 Å². The zero-order valence-electron chi connectivity index (χ0n) is 9.35. The van der Waals surface area contributed by atoms with Gasteiger partial charge in [0.25, 0.3) is 0 Å². The van der Waals surface area contributed by atoms with Crippen molar-refractivity contribution in [2.24, 2.45) is 11.8 Å². The number of carbonyl (C=O) groups excluding carboxylic acids is 1. The van der Waals surface area contributed by atoms with Crippen LogP contribution >= 0.6 is 0 Å². The average Bonchev–Trinajstić information content (AvgIpc) is 2.01. The highest BCUT2D eigenvalue weighted by Gasteiger charge is 2.19. The molecule has 0 heterocycles. The molecule has 3 heteroatoms. The normalized spacial score (nSPS) is 13.5. The molecule has 0 fully saturated rings. The summed E-state index contributed by atoms with van der Waals surface area (Å²) in [5, 5.41) is 5.93. The van der Waals surface area contributed by atoms with Crippen LogP contribution in [-0.4, -0.2) is 25.5 Å². The zero-order valence-corrected chi connectivity index (χ0v) is 9.35. The predicted octanol–water partition coefficient (Wildman–Crippen LogP) is 1.00. The Morgan fingerprint density at radius 1 is 1.23 bits per heavy atom. The SMILES string of the molecule is CNC(C(=O)NCC(C)C)C(C)C. The molecule has 0 aromatic heterocycles. The summed E-state index contributed by atoms with van der Waals surface area (Å²) in [6.45, 7) is 9.00. The van der Waals surface area contributed by atoms with E-state index in [2.05, 4.69) is 24.5 Å². The fourth-order valence-corrected chi connectivity index (χ4v) is 1.18. The molecule has 0 rings (SSSR count). The molecule has 0 aromatic carbocycles. The lowest BCUT2D eigenvalue weighted by atomic mass is 10.0. The van der Waals surface area contributed by atoms with Gasteiger partial charge in [-0.25, -0.2) is 0 Å². The van der Waals surface area contributed by atoms with Crippen LogP contribution in [0.4, 0.5) is 0 Å². The first-order valence-electron chi connectivity index (χ1n) is 4.94. The molecule has 2 N–H and O–H groups in total. The monoisotopic (exact) mass is 186 g/mol. The van der Waals surface area contributed by atoms with Crippen molar-refractivity contribution < 1.29 is 4.79 Å². The van der Waals surface area contributed by atoms with Crippen LogP contribution in [-0.2, 0) is 4.79 Å². The van der Waals surface area contributed by atoms with E-state index in [-0.39, 0.29) is 11.9 Å². The van der Waals surface area contributed by atoms with E-state index in [4.69, 9.17) is 0 Å². The van der Waals surface area contributed by atoms with Crippen LogP contribution < -0.4 is 10.6 Å². The molecule has 0 saturated heterocycles. The smallest absolute Gasteiger partial charge is 0.237 e. The summed E-state index contributed by atoms with van der Waals surface area (Å²) in [5.41, 5.74) is 0. The van der Waals surface area contributed by atoms with Gasteiger partial charge in [0.2, 0.25) is 5.91 Å². The lowest BCUT2D eigenvalue weighted by molar-refractivity contribution is -0.124. The Labute approximate surface area is 81.3 Å². The topological polar surface area (TPSA) is 41.1 Å². The second kappa shape index (κ2) is 5.97. The number of amides is 1. The Morgan fingerprint density at radius 3 is 2.08 bits per heavy atom. The van der Waals surface area contributed by atoms with Gasteiger partial charge in [-0.05, 0) is 18.9 Å². The highest BCUT2D eigenvalue weighted by atomic mass is 16.2. The molecular weight excluding hydrogens is 164 g/mol. The van der Waals surface area contributed by atoms with Gasteiger partial charge in [-0.15, -0.1) is 0 Å². The van der Waals surface area contributed by atoms with Gasteiger partial charge in [0, 0.05) is 6.54 Å². The van der Waals surface area contributed by atoms with Crippen LogP contribution in [0.2, 0.25) is 0 Å². The largest absolute Gasteiger partial charge is 0.354 e. The number of likely N-dealkylation sites (N-methyl/N-ethyl adjacent to an activating group) is 1. The van der Waals surface area contributed by atoms with E-state index < -0.39 is 0 Å². The van der Waals surface area contributed by atoms with E-state index in [9.17, 15) is 4.79 Å². The third kappa shape index (κ3) is 4.88. The van der Waals surface area contributed by atoms with Crippen LogP contribution in [0.3, 0.4) is 0 Å². The molecule has 1 atom stereocenters. The predicted molar refractivity (Wildman–Crippen MR) is 55.5 cm³/mol. The van der Waals surface area contributed by atoms with Crippen LogP contribution in [0.15, 0.2) is 0 Å².